The topological polar surface area (TPSA) is 59.6 Å². The van der Waals surface area contributed by atoms with Crippen molar-refractivity contribution in [3.05, 3.63) is 48.3 Å². The van der Waals surface area contributed by atoms with Gasteiger partial charge in [0.15, 0.2) is 6.61 Å². The predicted octanol–water partition coefficient (Wildman–Crippen LogP) is 4.31. The predicted molar refractivity (Wildman–Crippen MR) is 101 cm³/mol. The number of carbonyl (C=O) groups excluding carboxylic acids is 1. The van der Waals surface area contributed by atoms with Crippen LogP contribution in [-0.4, -0.2) is 25.7 Å². The summed E-state index contributed by atoms with van der Waals surface area (Å²) in [6, 6.07) is 11.1. The maximum absolute atomic E-state index is 13.1. The number of halogens is 1. The number of amides is 1. The summed E-state index contributed by atoms with van der Waals surface area (Å²) in [7, 11) is 0. The highest BCUT2D eigenvalue weighted by Gasteiger charge is 2.10. The second-order valence-corrected chi connectivity index (χ2v) is 6.21. The lowest BCUT2D eigenvalue weighted by molar-refractivity contribution is -0.118. The Morgan fingerprint density at radius 1 is 1.08 bits per heavy atom. The van der Waals surface area contributed by atoms with E-state index in [1.807, 2.05) is 13.0 Å². The van der Waals surface area contributed by atoms with Gasteiger partial charge in [0.25, 0.3) is 5.91 Å². The maximum Gasteiger partial charge on any atom is 0.262 e. The van der Waals surface area contributed by atoms with E-state index in [-0.39, 0.29) is 12.5 Å². The minimum Gasteiger partial charge on any atom is -0.494 e. The highest BCUT2D eigenvalue weighted by atomic mass is 19.1. The van der Waals surface area contributed by atoms with Crippen molar-refractivity contribution < 1.29 is 18.7 Å². The smallest absolute Gasteiger partial charge is 0.262 e. The van der Waals surface area contributed by atoms with Gasteiger partial charge < -0.3 is 20.1 Å². The SMILES string of the molecule is CCOc1ccc(NC(=O)COc2cccc(F)c2)c(NCC(C)C)c1. The summed E-state index contributed by atoms with van der Waals surface area (Å²) < 4.78 is 24.0. The van der Waals surface area contributed by atoms with Gasteiger partial charge in [0, 0.05) is 18.7 Å². The molecule has 2 N–H and O–H groups in total. The molecule has 6 heteroatoms. The zero-order valence-corrected chi connectivity index (χ0v) is 15.3. The molecule has 0 aliphatic carbocycles. The van der Waals surface area contributed by atoms with Gasteiger partial charge in [-0.2, -0.15) is 0 Å². The van der Waals surface area contributed by atoms with Crippen LogP contribution in [0.3, 0.4) is 0 Å². The Labute approximate surface area is 153 Å². The van der Waals surface area contributed by atoms with E-state index in [0.717, 1.165) is 18.0 Å². The first-order valence-electron chi connectivity index (χ1n) is 8.67. The summed E-state index contributed by atoms with van der Waals surface area (Å²) in [5.74, 6) is 0.754. The maximum atomic E-state index is 13.1. The Kier molecular flexibility index (Phi) is 7.26. The van der Waals surface area contributed by atoms with Gasteiger partial charge in [0.2, 0.25) is 0 Å². The molecule has 2 aromatic carbocycles. The van der Waals surface area contributed by atoms with Crippen molar-refractivity contribution in [2.75, 3.05) is 30.4 Å². The van der Waals surface area contributed by atoms with Crippen LogP contribution in [0.25, 0.3) is 0 Å². The van der Waals surface area contributed by atoms with E-state index >= 15 is 0 Å². The second-order valence-electron chi connectivity index (χ2n) is 6.21. The summed E-state index contributed by atoms with van der Waals surface area (Å²) in [5.41, 5.74) is 1.42. The number of hydrogen-bond donors (Lipinski definition) is 2. The van der Waals surface area contributed by atoms with Gasteiger partial charge in [-0.1, -0.05) is 19.9 Å². The Bertz CT molecular complexity index is 735. The van der Waals surface area contributed by atoms with Crippen LogP contribution in [-0.2, 0) is 4.79 Å². The molecule has 0 fully saturated rings. The number of benzene rings is 2. The highest BCUT2D eigenvalue weighted by Crippen LogP contribution is 2.27. The van der Waals surface area contributed by atoms with Crippen molar-refractivity contribution in [1.29, 1.82) is 0 Å². The molecule has 140 valence electrons. The molecule has 0 unspecified atom stereocenters. The number of rotatable bonds is 9. The zero-order chi connectivity index (χ0) is 18.9. The van der Waals surface area contributed by atoms with Gasteiger partial charge in [0.05, 0.1) is 18.0 Å². The molecular formula is C20H25FN2O3. The first kappa shape index (κ1) is 19.6. The van der Waals surface area contributed by atoms with Crippen LogP contribution in [0.4, 0.5) is 15.8 Å². The minimum absolute atomic E-state index is 0.208. The Balaban J connectivity index is 2.02. The monoisotopic (exact) mass is 360 g/mol. The number of nitrogens with one attached hydrogen (secondary N) is 2. The third-order valence-corrected chi connectivity index (χ3v) is 3.44. The number of carbonyl (C=O) groups is 1. The zero-order valence-electron chi connectivity index (χ0n) is 15.3. The van der Waals surface area contributed by atoms with Crippen molar-refractivity contribution in [2.45, 2.75) is 20.8 Å². The van der Waals surface area contributed by atoms with E-state index in [1.165, 1.54) is 18.2 Å². The standard InChI is InChI=1S/C20H25FN2O3/c1-4-25-17-8-9-18(19(11-17)22-12-14(2)3)23-20(24)13-26-16-7-5-6-15(21)10-16/h5-11,14,22H,4,12-13H2,1-3H3,(H,23,24). The lowest BCUT2D eigenvalue weighted by Gasteiger charge is -2.16. The molecule has 0 radical (unpaired) electrons. The number of hydrogen-bond acceptors (Lipinski definition) is 4. The summed E-state index contributed by atoms with van der Waals surface area (Å²) >= 11 is 0. The van der Waals surface area contributed by atoms with E-state index in [9.17, 15) is 9.18 Å². The van der Waals surface area contributed by atoms with E-state index in [1.54, 1.807) is 18.2 Å². The van der Waals surface area contributed by atoms with Crippen molar-refractivity contribution in [3.8, 4) is 11.5 Å². The summed E-state index contributed by atoms with van der Waals surface area (Å²) in [4.78, 5) is 12.2. The molecule has 0 aromatic heterocycles. The van der Waals surface area contributed by atoms with Crippen LogP contribution in [0.2, 0.25) is 0 Å². The van der Waals surface area contributed by atoms with E-state index in [4.69, 9.17) is 9.47 Å². The van der Waals surface area contributed by atoms with Gasteiger partial charge in [-0.15, -0.1) is 0 Å². The van der Waals surface area contributed by atoms with Crippen molar-refractivity contribution in [3.63, 3.8) is 0 Å². The summed E-state index contributed by atoms with van der Waals surface area (Å²) in [5, 5.41) is 6.13. The molecular weight excluding hydrogens is 335 g/mol. The molecule has 0 saturated heterocycles. The minimum atomic E-state index is -0.408. The molecule has 26 heavy (non-hydrogen) atoms. The molecule has 0 heterocycles. The fourth-order valence-corrected chi connectivity index (χ4v) is 2.24. The van der Waals surface area contributed by atoms with Crippen LogP contribution in [0, 0.1) is 11.7 Å². The molecule has 5 nitrogen and oxygen atoms in total. The lowest BCUT2D eigenvalue weighted by atomic mass is 10.2. The molecule has 0 atom stereocenters. The molecule has 0 aliphatic rings. The fraction of sp³-hybridized carbons (Fsp3) is 0.350. The average molecular weight is 360 g/mol. The third-order valence-electron chi connectivity index (χ3n) is 3.44. The first-order chi connectivity index (χ1) is 12.5. The summed E-state index contributed by atoms with van der Waals surface area (Å²) in [6.07, 6.45) is 0. The van der Waals surface area contributed by atoms with E-state index in [0.29, 0.717) is 24.0 Å². The largest absolute Gasteiger partial charge is 0.494 e. The second kappa shape index (κ2) is 9.65. The van der Waals surface area contributed by atoms with Gasteiger partial charge in [-0.3, -0.25) is 4.79 Å². The fourth-order valence-electron chi connectivity index (χ4n) is 2.24. The normalized spacial score (nSPS) is 10.5. The van der Waals surface area contributed by atoms with Crippen LogP contribution >= 0.6 is 0 Å². The quantitative estimate of drug-likeness (QED) is 0.700. The van der Waals surface area contributed by atoms with E-state index < -0.39 is 5.82 Å². The number of anilines is 2. The van der Waals surface area contributed by atoms with Crippen molar-refractivity contribution in [1.82, 2.24) is 0 Å². The molecule has 2 aromatic rings. The van der Waals surface area contributed by atoms with Crippen LogP contribution < -0.4 is 20.1 Å². The van der Waals surface area contributed by atoms with Crippen LogP contribution in [0.15, 0.2) is 42.5 Å². The molecule has 2 rings (SSSR count). The van der Waals surface area contributed by atoms with Crippen molar-refractivity contribution in [2.24, 2.45) is 5.92 Å². The van der Waals surface area contributed by atoms with E-state index in [2.05, 4.69) is 24.5 Å². The Morgan fingerprint density at radius 3 is 2.54 bits per heavy atom. The molecule has 0 saturated carbocycles. The molecule has 0 aliphatic heterocycles. The lowest BCUT2D eigenvalue weighted by Crippen LogP contribution is -2.21. The van der Waals surface area contributed by atoms with Gasteiger partial charge in [-0.25, -0.2) is 4.39 Å². The van der Waals surface area contributed by atoms with Gasteiger partial charge in [0.1, 0.15) is 17.3 Å². The Morgan fingerprint density at radius 2 is 1.85 bits per heavy atom. The molecule has 0 bridgehead atoms. The van der Waals surface area contributed by atoms with Gasteiger partial charge >= 0.3 is 0 Å². The van der Waals surface area contributed by atoms with Crippen molar-refractivity contribution >= 4 is 17.3 Å². The average Bonchev–Trinajstić information content (AvgIpc) is 2.60. The summed E-state index contributed by atoms with van der Waals surface area (Å²) in [6.45, 7) is 7.24. The van der Waals surface area contributed by atoms with Crippen LogP contribution in [0.5, 0.6) is 11.5 Å². The van der Waals surface area contributed by atoms with Crippen LogP contribution in [0.1, 0.15) is 20.8 Å². The highest BCUT2D eigenvalue weighted by molar-refractivity contribution is 5.95. The first-order valence-corrected chi connectivity index (χ1v) is 8.67. The van der Waals surface area contributed by atoms with Gasteiger partial charge in [-0.05, 0) is 37.1 Å². The third kappa shape index (κ3) is 6.27. The molecule has 1 amide bonds. The Hall–Kier alpha value is -2.76. The molecule has 0 spiro atoms. The number of ether oxygens (including phenoxy) is 2.